The van der Waals surface area contributed by atoms with Crippen LogP contribution in [0.25, 0.3) is 0 Å². The van der Waals surface area contributed by atoms with Crippen LogP contribution in [0.1, 0.15) is 28.2 Å². The summed E-state index contributed by atoms with van der Waals surface area (Å²) in [7, 11) is 0. The second kappa shape index (κ2) is 20.8. The van der Waals surface area contributed by atoms with Gasteiger partial charge in [-0.05, 0) is 13.8 Å². The summed E-state index contributed by atoms with van der Waals surface area (Å²) in [5.41, 5.74) is 0.313. The molecule has 0 saturated heterocycles. The fourth-order valence-electron chi connectivity index (χ4n) is 0.396. The molecule has 0 aliphatic rings. The van der Waals surface area contributed by atoms with Crippen molar-refractivity contribution in [2.75, 3.05) is 0 Å². The minimum Gasteiger partial charge on any atom is -0.341 e. The molecule has 1 N–H and O–H groups in total. The van der Waals surface area contributed by atoms with Crippen molar-refractivity contribution in [3.05, 3.63) is 12.8 Å². The van der Waals surface area contributed by atoms with Gasteiger partial charge in [-0.3, -0.25) is 6.42 Å². The maximum Gasteiger partial charge on any atom is 0.00847 e. The van der Waals surface area contributed by atoms with Crippen LogP contribution in [0.2, 0.25) is 0 Å². The fourth-order valence-corrected chi connectivity index (χ4v) is 0.396. The molecule has 0 amide bonds. The molecule has 4 nitrogen and oxygen atoms in total. The van der Waals surface area contributed by atoms with E-state index < -0.39 is 0 Å². The van der Waals surface area contributed by atoms with Gasteiger partial charge in [-0.2, -0.15) is 0 Å². The van der Waals surface area contributed by atoms with Crippen molar-refractivity contribution in [2.45, 2.75) is 28.2 Å². The first-order chi connectivity index (χ1) is 5.90. The molecule has 2 radical (unpaired) electrons. The quantitative estimate of drug-likeness (QED) is 0.604. The van der Waals surface area contributed by atoms with Gasteiger partial charge in [0, 0.05) is 77.0 Å². The average molecular weight is 374 g/mol. The van der Waals surface area contributed by atoms with Gasteiger partial charge in [0.2, 0.25) is 0 Å². The molecule has 0 unspecified atom stereocenters. The van der Waals surface area contributed by atoms with Gasteiger partial charge in [0.1, 0.15) is 0 Å². The van der Waals surface area contributed by atoms with E-state index in [0.29, 0.717) is 5.71 Å². The van der Waals surface area contributed by atoms with Crippen molar-refractivity contribution in [3.63, 3.8) is 0 Å². The topological polar surface area (TPSA) is 81.8 Å². The van der Waals surface area contributed by atoms with Gasteiger partial charge < -0.3 is 15.0 Å². The molecular weight excluding hydrogens is 358 g/mol. The molecule has 0 rings (SSSR count). The SMILES string of the molecule is C.CC(=N)[CH-]C(C)=O.CC(=O)[CH-]C#N.[Y].[Y]. The van der Waals surface area contributed by atoms with Crippen LogP contribution in [0.5, 0.6) is 0 Å². The number of carbonyl (C=O) groups excluding carboxylic acids is 2. The molecule has 0 bridgehead atoms. The monoisotopic (exact) mass is 374 g/mol. The zero-order chi connectivity index (χ0) is 10.9. The summed E-state index contributed by atoms with van der Waals surface area (Å²) >= 11 is 0. The second-order valence-corrected chi connectivity index (χ2v) is 2.32. The van der Waals surface area contributed by atoms with Gasteiger partial charge in [-0.15, -0.1) is 5.71 Å². The number of nitrogens with zero attached hydrogens (tertiary/aromatic N) is 1. The van der Waals surface area contributed by atoms with E-state index in [2.05, 4.69) is 0 Å². The Morgan fingerprint density at radius 2 is 1.50 bits per heavy atom. The fraction of sp³-hybridized carbons (Fsp3) is 0.400. The van der Waals surface area contributed by atoms with E-state index in [1.807, 2.05) is 0 Å². The summed E-state index contributed by atoms with van der Waals surface area (Å²) in [6.07, 6.45) is 2.24. The number of rotatable bonds is 3. The largest absolute Gasteiger partial charge is 0.341 e. The maximum atomic E-state index is 10.1. The summed E-state index contributed by atoms with van der Waals surface area (Å²) in [6.45, 7) is 4.34. The Hall–Kier alpha value is 0.448. The first-order valence-corrected chi connectivity index (χ1v) is 3.54. The predicted molar refractivity (Wildman–Crippen MR) is 55.7 cm³/mol. The third kappa shape index (κ3) is 47.1. The molecule has 0 atom stereocenters. The van der Waals surface area contributed by atoms with Crippen molar-refractivity contribution < 1.29 is 75.0 Å². The Balaban J connectivity index is -0.0000000428. The Labute approximate surface area is 148 Å². The zero-order valence-electron chi connectivity index (χ0n) is 9.07. The van der Waals surface area contributed by atoms with Crippen molar-refractivity contribution in [2.24, 2.45) is 0 Å². The van der Waals surface area contributed by atoms with Crippen LogP contribution in [-0.4, -0.2) is 17.3 Å². The van der Waals surface area contributed by atoms with Crippen LogP contribution < -0.4 is 0 Å². The van der Waals surface area contributed by atoms with Crippen LogP contribution in [-0.2, 0) is 75.0 Å². The molecule has 0 saturated carbocycles. The summed E-state index contributed by atoms with van der Waals surface area (Å²) < 4.78 is 0. The van der Waals surface area contributed by atoms with Gasteiger partial charge in [0.15, 0.2) is 0 Å². The Bertz CT molecular complexity index is 236. The van der Waals surface area contributed by atoms with E-state index in [1.54, 1.807) is 13.0 Å². The normalized spacial score (nSPS) is 5.62. The van der Waals surface area contributed by atoms with Gasteiger partial charge in [-0.25, -0.2) is 11.7 Å². The molecule has 16 heavy (non-hydrogen) atoms. The molecule has 6 heteroatoms. The van der Waals surface area contributed by atoms with E-state index >= 15 is 0 Å². The molecule has 0 spiro atoms. The predicted octanol–water partition coefficient (Wildman–Crippen LogP) is 1.75. The number of carbonyl (C=O) groups is 2. The summed E-state index contributed by atoms with van der Waals surface area (Å²) in [6, 6.07) is 1.59. The first kappa shape index (κ1) is 30.0. The minimum absolute atomic E-state index is 0. The standard InChI is InChI=1S/C5H8NO.C4H4NO.CH4.2Y/c1-4(6)3-5(2)7;1-4(6)2-3-5;;;/h3,6H,1-2H3;2H,1H3;1H4;;/q2*-1;;;. The molecule has 0 fully saturated rings. The number of Topliss-reactive ketones (excluding diaryl/α,β-unsaturated/α-hetero) is 2. The molecule has 0 aromatic carbocycles. The van der Waals surface area contributed by atoms with Gasteiger partial charge in [-0.1, -0.05) is 20.4 Å². The van der Waals surface area contributed by atoms with Crippen molar-refractivity contribution in [1.82, 2.24) is 0 Å². The number of nitrogens with one attached hydrogen (secondary N) is 1. The van der Waals surface area contributed by atoms with Crippen LogP contribution >= 0.6 is 0 Å². The second-order valence-electron chi connectivity index (χ2n) is 2.32. The van der Waals surface area contributed by atoms with E-state index in [9.17, 15) is 9.59 Å². The van der Waals surface area contributed by atoms with Crippen LogP contribution in [0.3, 0.4) is 0 Å². The van der Waals surface area contributed by atoms with Crippen molar-refractivity contribution in [1.29, 1.82) is 10.7 Å². The number of hydrogen-bond acceptors (Lipinski definition) is 4. The third-order valence-electron chi connectivity index (χ3n) is 0.688. The van der Waals surface area contributed by atoms with E-state index in [-0.39, 0.29) is 84.4 Å². The summed E-state index contributed by atoms with van der Waals surface area (Å²) in [5.74, 6) is -0.259. The van der Waals surface area contributed by atoms with Gasteiger partial charge >= 0.3 is 0 Å². The van der Waals surface area contributed by atoms with Gasteiger partial charge in [0.05, 0.1) is 0 Å². The number of hydrogen-bond donors (Lipinski definition) is 1. The average Bonchev–Trinajstić information content (AvgIpc) is 1.83. The zero-order valence-corrected chi connectivity index (χ0v) is 14.7. The van der Waals surface area contributed by atoms with Crippen molar-refractivity contribution in [3.8, 4) is 6.07 Å². The van der Waals surface area contributed by atoms with E-state index in [1.165, 1.54) is 20.3 Å². The first-order valence-electron chi connectivity index (χ1n) is 3.54. The third-order valence-corrected chi connectivity index (χ3v) is 0.688. The molecule has 0 aromatic heterocycles. The van der Waals surface area contributed by atoms with Crippen LogP contribution in [0.4, 0.5) is 0 Å². The van der Waals surface area contributed by atoms with Crippen molar-refractivity contribution >= 4 is 17.3 Å². The molecule has 0 heterocycles. The molecule has 86 valence electrons. The minimum atomic E-state index is -0.197. The Morgan fingerprint density at radius 1 is 1.12 bits per heavy atom. The summed E-state index contributed by atoms with van der Waals surface area (Å²) in [5, 5.41) is 14.5. The number of ketones is 2. The summed E-state index contributed by atoms with van der Waals surface area (Å²) in [4.78, 5) is 19.8. The molecule has 0 aliphatic carbocycles. The molecule has 0 aromatic rings. The molecular formula is C10H16N2O2Y2-2. The van der Waals surface area contributed by atoms with E-state index in [0.717, 1.165) is 6.42 Å². The van der Waals surface area contributed by atoms with Crippen LogP contribution in [0, 0.1) is 29.6 Å². The van der Waals surface area contributed by atoms with E-state index in [4.69, 9.17) is 10.7 Å². The maximum absolute atomic E-state index is 10.1. The van der Waals surface area contributed by atoms with Gasteiger partial charge in [0.25, 0.3) is 0 Å². The smallest absolute Gasteiger partial charge is 0.00847 e. The Kier molecular flexibility index (Phi) is 39.0. The Morgan fingerprint density at radius 3 is 1.50 bits per heavy atom. The molecule has 0 aliphatic heterocycles. The number of nitriles is 1. The van der Waals surface area contributed by atoms with Crippen LogP contribution in [0.15, 0.2) is 0 Å².